The quantitative estimate of drug-likeness (QED) is 0.875. The largest absolute Gasteiger partial charge is 0.380 e. The average molecular weight is 238 g/mol. The van der Waals surface area contributed by atoms with E-state index < -0.39 is 0 Å². The molecule has 1 saturated heterocycles. The van der Waals surface area contributed by atoms with Gasteiger partial charge in [-0.1, -0.05) is 0 Å². The second-order valence-corrected chi connectivity index (χ2v) is 5.72. The highest BCUT2D eigenvalue weighted by Crippen LogP contribution is 2.41. The number of hydrogen-bond acceptors (Lipinski definition) is 4. The van der Waals surface area contributed by atoms with E-state index in [0.717, 1.165) is 25.6 Å². The van der Waals surface area contributed by atoms with E-state index in [1.807, 2.05) is 11.3 Å². The Morgan fingerprint density at radius 3 is 3.06 bits per heavy atom. The lowest BCUT2D eigenvalue weighted by atomic mass is 10.2. The second-order valence-electron chi connectivity index (χ2n) is 4.83. The Balaban J connectivity index is 1.61. The van der Waals surface area contributed by atoms with Gasteiger partial charge < -0.3 is 10.1 Å². The van der Waals surface area contributed by atoms with Crippen molar-refractivity contribution in [2.45, 2.75) is 44.2 Å². The molecule has 0 radical (unpaired) electrons. The zero-order valence-corrected chi connectivity index (χ0v) is 10.4. The third kappa shape index (κ3) is 2.29. The fraction of sp³-hybridized carbons (Fsp3) is 0.750. The summed E-state index contributed by atoms with van der Waals surface area (Å²) in [7, 11) is 0. The van der Waals surface area contributed by atoms with Gasteiger partial charge in [0.25, 0.3) is 0 Å². The van der Waals surface area contributed by atoms with Gasteiger partial charge in [-0.25, -0.2) is 4.98 Å². The fourth-order valence-electron chi connectivity index (χ4n) is 2.12. The number of aromatic nitrogens is 1. The minimum absolute atomic E-state index is 0.357. The lowest BCUT2D eigenvalue weighted by molar-refractivity contribution is 0.188. The van der Waals surface area contributed by atoms with E-state index in [9.17, 15) is 0 Å². The molecule has 3 nitrogen and oxygen atoms in total. The first-order valence-corrected chi connectivity index (χ1v) is 7.00. The molecule has 0 aromatic carbocycles. The van der Waals surface area contributed by atoms with Crippen LogP contribution in [0.1, 0.15) is 48.8 Å². The van der Waals surface area contributed by atoms with Crippen LogP contribution < -0.4 is 5.32 Å². The maximum atomic E-state index is 5.37. The lowest BCUT2D eigenvalue weighted by Gasteiger charge is -2.16. The van der Waals surface area contributed by atoms with Crippen LogP contribution in [-0.2, 0) is 4.74 Å². The zero-order chi connectivity index (χ0) is 11.0. The van der Waals surface area contributed by atoms with Crippen molar-refractivity contribution >= 4 is 11.3 Å². The molecule has 2 heterocycles. The van der Waals surface area contributed by atoms with E-state index in [2.05, 4.69) is 17.6 Å². The molecule has 1 aromatic heterocycles. The molecule has 0 amide bonds. The summed E-state index contributed by atoms with van der Waals surface area (Å²) >= 11 is 1.82. The predicted octanol–water partition coefficient (Wildman–Crippen LogP) is 2.46. The Kier molecular flexibility index (Phi) is 2.96. The van der Waals surface area contributed by atoms with Crippen molar-refractivity contribution in [3.8, 4) is 0 Å². The molecule has 1 aliphatic heterocycles. The molecule has 0 bridgehead atoms. The molecule has 1 aliphatic carbocycles. The highest BCUT2D eigenvalue weighted by molar-refractivity contribution is 7.09. The highest BCUT2D eigenvalue weighted by Gasteiger charge is 2.27. The molecule has 0 spiro atoms. The number of rotatable bonds is 4. The van der Waals surface area contributed by atoms with Crippen LogP contribution in [0.3, 0.4) is 0 Å². The smallest absolute Gasteiger partial charge is 0.0959 e. The second kappa shape index (κ2) is 4.43. The summed E-state index contributed by atoms with van der Waals surface area (Å²) in [4.78, 5) is 4.73. The van der Waals surface area contributed by atoms with Crippen LogP contribution in [0.2, 0.25) is 0 Å². The van der Waals surface area contributed by atoms with Crippen LogP contribution in [0, 0.1) is 0 Å². The molecular formula is C12H18N2OS. The van der Waals surface area contributed by atoms with E-state index in [4.69, 9.17) is 9.72 Å². The molecule has 4 heteroatoms. The van der Waals surface area contributed by atoms with Gasteiger partial charge in [-0.15, -0.1) is 11.3 Å². The average Bonchev–Trinajstić information content (AvgIpc) is 2.82. The summed E-state index contributed by atoms with van der Waals surface area (Å²) in [6, 6.07) is 0.872. The van der Waals surface area contributed by atoms with Gasteiger partial charge in [0.1, 0.15) is 0 Å². The molecule has 3 rings (SSSR count). The molecular weight excluding hydrogens is 220 g/mol. The molecule has 1 aromatic rings. The Bertz CT molecular complexity index is 356. The summed E-state index contributed by atoms with van der Waals surface area (Å²) in [5.41, 5.74) is 1.21. The molecule has 16 heavy (non-hydrogen) atoms. The SMILES string of the molecule is CC(NC1CCOC1)c1csc(C2CC2)n1. The summed E-state index contributed by atoms with van der Waals surface area (Å²) in [6.07, 6.45) is 3.81. The van der Waals surface area contributed by atoms with Crippen LogP contribution in [0.15, 0.2) is 5.38 Å². The molecule has 2 atom stereocenters. The predicted molar refractivity (Wildman–Crippen MR) is 64.9 cm³/mol. The van der Waals surface area contributed by atoms with Crippen LogP contribution in [0.5, 0.6) is 0 Å². The molecule has 2 unspecified atom stereocenters. The number of thiazole rings is 1. The Hall–Kier alpha value is -0.450. The van der Waals surface area contributed by atoms with Crippen molar-refractivity contribution in [3.63, 3.8) is 0 Å². The first kappa shape index (κ1) is 10.7. The van der Waals surface area contributed by atoms with Gasteiger partial charge in [0.2, 0.25) is 0 Å². The number of hydrogen-bond donors (Lipinski definition) is 1. The van der Waals surface area contributed by atoms with Crippen molar-refractivity contribution in [3.05, 3.63) is 16.1 Å². The van der Waals surface area contributed by atoms with Crippen LogP contribution in [-0.4, -0.2) is 24.2 Å². The lowest BCUT2D eigenvalue weighted by Crippen LogP contribution is -2.31. The van der Waals surface area contributed by atoms with Gasteiger partial charge in [-0.2, -0.15) is 0 Å². The fourth-order valence-corrected chi connectivity index (χ4v) is 3.21. The number of nitrogens with one attached hydrogen (secondary N) is 1. The van der Waals surface area contributed by atoms with Crippen LogP contribution in [0.25, 0.3) is 0 Å². The topological polar surface area (TPSA) is 34.1 Å². The van der Waals surface area contributed by atoms with Crippen LogP contribution >= 0.6 is 11.3 Å². The maximum absolute atomic E-state index is 5.37. The van der Waals surface area contributed by atoms with Crippen molar-refractivity contribution in [2.24, 2.45) is 0 Å². The van der Waals surface area contributed by atoms with E-state index in [-0.39, 0.29) is 0 Å². The third-order valence-electron chi connectivity index (χ3n) is 3.33. The molecule has 2 aliphatic rings. The Labute approximate surface area is 100 Å². The van der Waals surface area contributed by atoms with E-state index in [0.29, 0.717) is 12.1 Å². The normalized spacial score (nSPS) is 27.2. The van der Waals surface area contributed by atoms with E-state index in [1.165, 1.54) is 23.5 Å². The van der Waals surface area contributed by atoms with E-state index >= 15 is 0 Å². The summed E-state index contributed by atoms with van der Waals surface area (Å²) in [5.74, 6) is 0.778. The van der Waals surface area contributed by atoms with Gasteiger partial charge >= 0.3 is 0 Å². The monoisotopic (exact) mass is 238 g/mol. The zero-order valence-electron chi connectivity index (χ0n) is 9.61. The highest BCUT2D eigenvalue weighted by atomic mass is 32.1. The van der Waals surface area contributed by atoms with Crippen molar-refractivity contribution in [1.29, 1.82) is 0 Å². The first-order valence-electron chi connectivity index (χ1n) is 6.12. The summed E-state index contributed by atoms with van der Waals surface area (Å²) in [6.45, 7) is 3.95. The minimum Gasteiger partial charge on any atom is -0.380 e. The summed E-state index contributed by atoms with van der Waals surface area (Å²) < 4.78 is 5.37. The number of ether oxygens (including phenoxy) is 1. The van der Waals surface area contributed by atoms with Crippen molar-refractivity contribution in [2.75, 3.05) is 13.2 Å². The molecule has 2 fully saturated rings. The van der Waals surface area contributed by atoms with Crippen molar-refractivity contribution in [1.82, 2.24) is 10.3 Å². The first-order chi connectivity index (χ1) is 7.83. The van der Waals surface area contributed by atoms with Gasteiger partial charge in [0, 0.05) is 30.0 Å². The maximum Gasteiger partial charge on any atom is 0.0959 e. The van der Waals surface area contributed by atoms with Gasteiger partial charge in [0.05, 0.1) is 17.3 Å². The Morgan fingerprint density at radius 1 is 1.50 bits per heavy atom. The van der Waals surface area contributed by atoms with Gasteiger partial charge in [0.15, 0.2) is 0 Å². The third-order valence-corrected chi connectivity index (χ3v) is 4.35. The van der Waals surface area contributed by atoms with Gasteiger partial charge in [-0.05, 0) is 26.2 Å². The van der Waals surface area contributed by atoms with Gasteiger partial charge in [-0.3, -0.25) is 0 Å². The van der Waals surface area contributed by atoms with E-state index in [1.54, 1.807) is 0 Å². The minimum atomic E-state index is 0.357. The van der Waals surface area contributed by atoms with Crippen LogP contribution in [0.4, 0.5) is 0 Å². The molecule has 1 N–H and O–H groups in total. The summed E-state index contributed by atoms with van der Waals surface area (Å²) in [5, 5.41) is 7.14. The molecule has 1 saturated carbocycles. The van der Waals surface area contributed by atoms with Crippen molar-refractivity contribution < 1.29 is 4.74 Å². The Morgan fingerprint density at radius 2 is 2.38 bits per heavy atom. The molecule has 88 valence electrons. The standard InChI is InChI=1S/C12H18N2OS/c1-8(13-10-4-5-15-6-10)11-7-16-12(14-11)9-2-3-9/h7-10,13H,2-6H2,1H3. The number of nitrogens with zero attached hydrogens (tertiary/aromatic N) is 1.